The minimum absolute atomic E-state index is 0.115. The van der Waals surface area contributed by atoms with E-state index < -0.39 is 73.8 Å². The van der Waals surface area contributed by atoms with Gasteiger partial charge in [-0.05, 0) is 6.42 Å². The summed E-state index contributed by atoms with van der Waals surface area (Å²) in [5, 5.41) is 16.8. The lowest BCUT2D eigenvalue weighted by Gasteiger charge is -2.12. The number of carboxylic acid groups (broad SMARTS) is 2. The predicted molar refractivity (Wildman–Crippen MR) is 74.3 cm³/mol. The monoisotopic (exact) mass is 346 g/mol. The molecule has 0 heterocycles. The zero-order valence-corrected chi connectivity index (χ0v) is 13.0. The fourth-order valence-electron chi connectivity index (χ4n) is 1.48. The van der Waals surface area contributed by atoms with Gasteiger partial charge in [-0.15, -0.1) is 0 Å². The highest BCUT2D eigenvalue weighted by Crippen LogP contribution is 2.13. The molecule has 1 unspecified atom stereocenters. The molecular formula is C14H18O10. The minimum Gasteiger partial charge on any atom is -0.481 e. The molecule has 1 atom stereocenters. The smallest absolute Gasteiger partial charge is 0.317 e. The Hall–Kier alpha value is -2.78. The predicted octanol–water partition coefficient (Wildman–Crippen LogP) is 0.272. The van der Waals surface area contributed by atoms with Crippen LogP contribution in [0, 0.1) is 5.92 Å². The van der Waals surface area contributed by atoms with E-state index in [0.29, 0.717) is 0 Å². The Balaban J connectivity index is 4.37. The highest BCUT2D eigenvalue weighted by Gasteiger charge is 2.26. The van der Waals surface area contributed by atoms with E-state index >= 15 is 0 Å². The Morgan fingerprint density at radius 1 is 0.750 bits per heavy atom. The molecule has 24 heavy (non-hydrogen) atoms. The second-order valence-corrected chi connectivity index (χ2v) is 4.74. The van der Waals surface area contributed by atoms with Gasteiger partial charge in [-0.1, -0.05) is 6.92 Å². The Bertz CT molecular complexity index is 522. The van der Waals surface area contributed by atoms with Crippen molar-refractivity contribution in [2.24, 2.45) is 5.92 Å². The van der Waals surface area contributed by atoms with Crippen molar-refractivity contribution in [3.63, 3.8) is 0 Å². The zero-order valence-electron chi connectivity index (χ0n) is 13.0. The Kier molecular flexibility index (Phi) is 9.61. The zero-order chi connectivity index (χ0) is 18.7. The van der Waals surface area contributed by atoms with Crippen molar-refractivity contribution in [1.29, 1.82) is 0 Å². The first-order valence-corrected chi connectivity index (χ1v) is 7.07. The maximum Gasteiger partial charge on any atom is 0.317 e. The molecule has 134 valence electrons. The van der Waals surface area contributed by atoms with Crippen LogP contribution in [0.3, 0.4) is 0 Å². The molecule has 0 saturated heterocycles. The van der Waals surface area contributed by atoms with Crippen molar-refractivity contribution in [3.05, 3.63) is 0 Å². The lowest BCUT2D eigenvalue weighted by molar-refractivity contribution is -0.168. The molecule has 0 aliphatic carbocycles. The number of aliphatic carboxylic acids is 2. The molecule has 0 aromatic heterocycles. The molecule has 0 spiro atoms. The van der Waals surface area contributed by atoms with Crippen LogP contribution in [0.1, 0.15) is 45.4 Å². The second-order valence-electron chi connectivity index (χ2n) is 4.74. The van der Waals surface area contributed by atoms with Gasteiger partial charge in [0.1, 0.15) is 0 Å². The quantitative estimate of drug-likeness (QED) is 0.415. The molecule has 2 N–H and O–H groups in total. The summed E-state index contributed by atoms with van der Waals surface area (Å²) >= 11 is 0. The summed E-state index contributed by atoms with van der Waals surface area (Å²) in [6.07, 6.45) is -2.39. The number of carbonyl (C=O) groups excluding carboxylic acids is 4. The molecule has 0 rings (SSSR count). The second kappa shape index (κ2) is 10.9. The van der Waals surface area contributed by atoms with E-state index in [1.54, 1.807) is 0 Å². The SMILES string of the molecule is CCC(CC(=O)OC(=O)CCC(=O)O)C(=O)OC(=O)CCC(=O)O. The third-order valence-electron chi connectivity index (χ3n) is 2.77. The van der Waals surface area contributed by atoms with E-state index in [4.69, 9.17) is 10.2 Å². The van der Waals surface area contributed by atoms with Crippen molar-refractivity contribution in [1.82, 2.24) is 0 Å². The lowest BCUT2D eigenvalue weighted by Crippen LogP contribution is -2.25. The van der Waals surface area contributed by atoms with Crippen LogP contribution >= 0.6 is 0 Å². The van der Waals surface area contributed by atoms with E-state index in [1.807, 2.05) is 0 Å². The van der Waals surface area contributed by atoms with Gasteiger partial charge in [0.05, 0.1) is 38.0 Å². The minimum atomic E-state index is -1.23. The normalized spacial score (nSPS) is 11.2. The van der Waals surface area contributed by atoms with Crippen LogP contribution in [0.2, 0.25) is 0 Å². The van der Waals surface area contributed by atoms with Crippen molar-refractivity contribution < 1.29 is 48.5 Å². The largest absolute Gasteiger partial charge is 0.481 e. The standard InChI is InChI=1S/C14H18O10/c1-2-8(14(22)24-12(20)6-4-10(17)18)7-13(21)23-11(19)5-3-9(15)16/h8H,2-7H2,1H3,(H,15,16)(H,17,18). The van der Waals surface area contributed by atoms with Crippen LogP contribution in [0.25, 0.3) is 0 Å². The number of rotatable bonds is 10. The summed E-state index contributed by atoms with van der Waals surface area (Å²) in [5.41, 5.74) is 0. The fourth-order valence-corrected chi connectivity index (χ4v) is 1.48. The van der Waals surface area contributed by atoms with Gasteiger partial charge in [0.2, 0.25) is 0 Å². The molecule has 10 nitrogen and oxygen atoms in total. The number of hydrogen-bond donors (Lipinski definition) is 2. The topological polar surface area (TPSA) is 161 Å². The fraction of sp³-hybridized carbons (Fsp3) is 0.571. The van der Waals surface area contributed by atoms with Crippen molar-refractivity contribution in [2.75, 3.05) is 0 Å². The average molecular weight is 346 g/mol. The molecule has 0 saturated carbocycles. The van der Waals surface area contributed by atoms with Crippen molar-refractivity contribution in [2.45, 2.75) is 45.4 Å². The van der Waals surface area contributed by atoms with Crippen molar-refractivity contribution in [3.8, 4) is 0 Å². The van der Waals surface area contributed by atoms with Gasteiger partial charge in [-0.25, -0.2) is 0 Å². The van der Waals surface area contributed by atoms with Gasteiger partial charge in [0.15, 0.2) is 0 Å². The molecule has 0 radical (unpaired) electrons. The molecule has 0 fully saturated rings. The molecule has 0 bridgehead atoms. The van der Waals surface area contributed by atoms with Crippen LogP contribution in [-0.4, -0.2) is 46.0 Å². The maximum absolute atomic E-state index is 11.7. The lowest BCUT2D eigenvalue weighted by atomic mass is 10.0. The third kappa shape index (κ3) is 10.0. The molecule has 0 aromatic rings. The first-order valence-electron chi connectivity index (χ1n) is 7.07. The highest BCUT2D eigenvalue weighted by atomic mass is 16.6. The van der Waals surface area contributed by atoms with Crippen LogP contribution < -0.4 is 0 Å². The third-order valence-corrected chi connectivity index (χ3v) is 2.77. The number of ether oxygens (including phenoxy) is 2. The van der Waals surface area contributed by atoms with Gasteiger partial charge in [-0.2, -0.15) is 0 Å². The van der Waals surface area contributed by atoms with Crippen LogP contribution in [0.5, 0.6) is 0 Å². The van der Waals surface area contributed by atoms with Gasteiger partial charge >= 0.3 is 35.8 Å². The Morgan fingerprint density at radius 2 is 1.21 bits per heavy atom. The van der Waals surface area contributed by atoms with E-state index in [0.717, 1.165) is 0 Å². The summed E-state index contributed by atoms with van der Waals surface area (Å²) in [6.45, 7) is 1.53. The molecule has 0 aliphatic rings. The highest BCUT2D eigenvalue weighted by molar-refractivity contribution is 5.92. The van der Waals surface area contributed by atoms with E-state index in [1.165, 1.54) is 6.92 Å². The first-order chi connectivity index (χ1) is 11.1. The summed E-state index contributed by atoms with van der Waals surface area (Å²) in [4.78, 5) is 66.2. The molecule has 0 aromatic carbocycles. The summed E-state index contributed by atoms with van der Waals surface area (Å²) in [5.74, 6) is -7.65. The molecule has 0 aliphatic heterocycles. The molecular weight excluding hydrogens is 328 g/mol. The van der Waals surface area contributed by atoms with Gasteiger partial charge in [-0.3, -0.25) is 28.8 Å². The number of esters is 4. The Morgan fingerprint density at radius 3 is 1.62 bits per heavy atom. The maximum atomic E-state index is 11.7. The van der Waals surface area contributed by atoms with Crippen molar-refractivity contribution >= 4 is 35.8 Å². The van der Waals surface area contributed by atoms with E-state index in [2.05, 4.69) is 9.47 Å². The van der Waals surface area contributed by atoms with Gasteiger partial charge in [0.25, 0.3) is 0 Å². The van der Waals surface area contributed by atoms with E-state index in [9.17, 15) is 28.8 Å². The van der Waals surface area contributed by atoms with E-state index in [-0.39, 0.29) is 6.42 Å². The van der Waals surface area contributed by atoms with Crippen LogP contribution in [-0.2, 0) is 38.2 Å². The van der Waals surface area contributed by atoms with Crippen LogP contribution in [0.4, 0.5) is 0 Å². The van der Waals surface area contributed by atoms with Crippen LogP contribution in [0.15, 0.2) is 0 Å². The number of hydrogen-bond acceptors (Lipinski definition) is 8. The van der Waals surface area contributed by atoms with Gasteiger partial charge < -0.3 is 19.7 Å². The molecule has 10 heteroatoms. The number of carbonyl (C=O) groups is 6. The number of carboxylic acids is 2. The van der Waals surface area contributed by atoms with Gasteiger partial charge in [0, 0.05) is 0 Å². The summed E-state index contributed by atoms with van der Waals surface area (Å²) in [6, 6.07) is 0. The summed E-state index contributed by atoms with van der Waals surface area (Å²) < 4.78 is 8.78. The first kappa shape index (κ1) is 21.2. The molecule has 0 amide bonds. The average Bonchev–Trinajstić information content (AvgIpc) is 2.48. The summed E-state index contributed by atoms with van der Waals surface area (Å²) in [7, 11) is 0. The Labute approximate surface area is 136 Å².